The van der Waals surface area contributed by atoms with Gasteiger partial charge in [0.05, 0.1) is 6.42 Å². The highest BCUT2D eigenvalue weighted by Crippen LogP contribution is 2.34. The Labute approximate surface area is 107 Å². The van der Waals surface area contributed by atoms with Gasteiger partial charge in [0.15, 0.2) is 0 Å². The molecule has 2 aromatic rings. The second kappa shape index (κ2) is 5.25. The molecule has 0 aliphatic rings. The monoisotopic (exact) mass is 281 g/mol. The van der Waals surface area contributed by atoms with Gasteiger partial charge in [-0.15, -0.1) is 23.7 Å². The van der Waals surface area contributed by atoms with Crippen LogP contribution in [0, 0.1) is 0 Å². The molecule has 0 aliphatic carbocycles. The lowest BCUT2D eigenvalue weighted by molar-refractivity contribution is -0.138. The molecule has 0 saturated carbocycles. The molecule has 2 rings (SSSR count). The maximum Gasteiger partial charge on any atom is 0.390 e. The molecule has 1 aromatic heterocycles. The Bertz CT molecular complexity index is 495. The summed E-state index contributed by atoms with van der Waals surface area (Å²) in [5.41, 5.74) is 6.16. The Morgan fingerprint density at radius 1 is 1.24 bits per heavy atom. The van der Waals surface area contributed by atoms with Crippen LogP contribution in [0.15, 0.2) is 29.6 Å². The van der Waals surface area contributed by atoms with Crippen molar-refractivity contribution >= 4 is 33.8 Å². The van der Waals surface area contributed by atoms with Crippen molar-refractivity contribution in [2.24, 2.45) is 5.73 Å². The van der Waals surface area contributed by atoms with Crippen molar-refractivity contribution in [3.8, 4) is 0 Å². The fraction of sp³-hybridized carbons (Fsp3) is 0.273. The summed E-state index contributed by atoms with van der Waals surface area (Å²) in [5, 5.41) is 2.53. The molecule has 1 atom stereocenters. The normalized spacial score (nSPS) is 13.4. The van der Waals surface area contributed by atoms with Crippen LogP contribution < -0.4 is 5.73 Å². The molecule has 2 N–H and O–H groups in total. The number of benzene rings is 1. The topological polar surface area (TPSA) is 26.0 Å². The van der Waals surface area contributed by atoms with Crippen LogP contribution in [0.2, 0.25) is 0 Å². The molecular weight excluding hydrogens is 271 g/mol. The van der Waals surface area contributed by atoms with E-state index in [9.17, 15) is 13.2 Å². The van der Waals surface area contributed by atoms with Gasteiger partial charge in [-0.1, -0.05) is 18.2 Å². The molecule has 94 valence electrons. The van der Waals surface area contributed by atoms with Crippen molar-refractivity contribution in [2.45, 2.75) is 18.6 Å². The highest BCUT2D eigenvalue weighted by Gasteiger charge is 2.31. The van der Waals surface area contributed by atoms with Gasteiger partial charge in [-0.3, -0.25) is 0 Å². The molecule has 17 heavy (non-hydrogen) atoms. The first-order valence-electron chi connectivity index (χ1n) is 4.76. The van der Waals surface area contributed by atoms with Crippen molar-refractivity contribution in [1.82, 2.24) is 0 Å². The molecule has 1 nitrogen and oxygen atoms in total. The largest absolute Gasteiger partial charge is 0.390 e. The second-order valence-corrected chi connectivity index (χ2v) is 4.52. The first-order chi connectivity index (χ1) is 7.47. The van der Waals surface area contributed by atoms with Gasteiger partial charge >= 0.3 is 6.18 Å². The van der Waals surface area contributed by atoms with Crippen LogP contribution in [0.1, 0.15) is 18.0 Å². The molecule has 0 bridgehead atoms. The van der Waals surface area contributed by atoms with Crippen LogP contribution in [0.25, 0.3) is 10.1 Å². The highest BCUT2D eigenvalue weighted by molar-refractivity contribution is 7.17. The van der Waals surface area contributed by atoms with Crippen molar-refractivity contribution in [1.29, 1.82) is 0 Å². The second-order valence-electron chi connectivity index (χ2n) is 3.61. The zero-order chi connectivity index (χ0) is 11.8. The number of hydrogen-bond acceptors (Lipinski definition) is 2. The average molecular weight is 282 g/mol. The number of fused-ring (bicyclic) bond motifs is 1. The smallest absolute Gasteiger partial charge is 0.324 e. The summed E-state index contributed by atoms with van der Waals surface area (Å²) in [6.07, 6.45) is -5.20. The minimum Gasteiger partial charge on any atom is -0.324 e. The third-order valence-corrected chi connectivity index (χ3v) is 3.34. The van der Waals surface area contributed by atoms with E-state index in [0.717, 1.165) is 10.1 Å². The van der Waals surface area contributed by atoms with Gasteiger partial charge in [0, 0.05) is 10.7 Å². The zero-order valence-corrected chi connectivity index (χ0v) is 10.3. The van der Waals surface area contributed by atoms with E-state index in [1.807, 2.05) is 12.1 Å². The van der Waals surface area contributed by atoms with Gasteiger partial charge in [-0.2, -0.15) is 13.2 Å². The Morgan fingerprint density at radius 3 is 2.53 bits per heavy atom. The number of halogens is 4. The number of alkyl halides is 3. The summed E-state index contributed by atoms with van der Waals surface area (Å²) in [4.78, 5) is 0. The first kappa shape index (κ1) is 14.3. The van der Waals surface area contributed by atoms with Crippen LogP contribution in [0.4, 0.5) is 13.2 Å². The SMILES string of the molecule is Cl.N[C@@H](CC(F)(F)F)c1csc2ccccc12. The summed E-state index contributed by atoms with van der Waals surface area (Å²) < 4.78 is 37.6. The lowest BCUT2D eigenvalue weighted by atomic mass is 10.0. The van der Waals surface area contributed by atoms with E-state index in [2.05, 4.69) is 0 Å². The molecule has 0 amide bonds. The number of hydrogen-bond donors (Lipinski definition) is 1. The molecule has 0 saturated heterocycles. The maximum absolute atomic E-state index is 12.2. The predicted molar refractivity (Wildman–Crippen MR) is 66.7 cm³/mol. The molecule has 6 heteroatoms. The summed E-state index contributed by atoms with van der Waals surface area (Å²) in [6, 6.07) is 6.37. The molecule has 0 radical (unpaired) electrons. The molecule has 0 spiro atoms. The van der Waals surface area contributed by atoms with Gasteiger partial charge in [0.2, 0.25) is 0 Å². The molecule has 1 heterocycles. The van der Waals surface area contributed by atoms with E-state index in [4.69, 9.17) is 5.73 Å². The van der Waals surface area contributed by atoms with Crippen LogP contribution >= 0.6 is 23.7 Å². The average Bonchev–Trinajstić information content (AvgIpc) is 2.58. The van der Waals surface area contributed by atoms with E-state index in [0.29, 0.717) is 5.56 Å². The minimum absolute atomic E-state index is 0. The van der Waals surface area contributed by atoms with Crippen LogP contribution in [-0.4, -0.2) is 6.18 Å². The van der Waals surface area contributed by atoms with E-state index < -0.39 is 18.6 Å². The van der Waals surface area contributed by atoms with Gasteiger partial charge < -0.3 is 5.73 Å². The van der Waals surface area contributed by atoms with Crippen LogP contribution in [0.3, 0.4) is 0 Å². The van der Waals surface area contributed by atoms with Crippen LogP contribution in [0.5, 0.6) is 0 Å². The van der Waals surface area contributed by atoms with Crippen molar-refractivity contribution < 1.29 is 13.2 Å². The lowest BCUT2D eigenvalue weighted by Crippen LogP contribution is -2.19. The molecule has 0 aliphatic heterocycles. The van der Waals surface area contributed by atoms with E-state index in [-0.39, 0.29) is 12.4 Å². The summed E-state index contributed by atoms with van der Waals surface area (Å²) in [7, 11) is 0. The predicted octanol–water partition coefficient (Wildman–Crippen LogP) is 4.28. The summed E-state index contributed by atoms with van der Waals surface area (Å²) in [5.74, 6) is 0. The summed E-state index contributed by atoms with van der Waals surface area (Å²) >= 11 is 1.42. The first-order valence-corrected chi connectivity index (χ1v) is 5.64. The molecule has 1 aromatic carbocycles. The number of thiophene rings is 1. The van der Waals surface area contributed by atoms with Gasteiger partial charge in [-0.05, 0) is 22.4 Å². The third-order valence-electron chi connectivity index (χ3n) is 2.36. The molecular formula is C11H11ClF3NS. The van der Waals surface area contributed by atoms with Crippen molar-refractivity contribution in [2.75, 3.05) is 0 Å². The molecule has 0 unspecified atom stereocenters. The number of nitrogens with two attached hydrogens (primary N) is 1. The van der Waals surface area contributed by atoms with E-state index in [1.165, 1.54) is 11.3 Å². The number of rotatable bonds is 2. The van der Waals surface area contributed by atoms with E-state index in [1.54, 1.807) is 17.5 Å². The standard InChI is InChI=1S/C11H10F3NS.ClH/c12-11(13,14)5-9(15)8-6-16-10-4-2-1-3-7(8)10;/h1-4,6,9H,5,15H2;1H/t9-;/m0./s1. The summed E-state index contributed by atoms with van der Waals surface area (Å²) in [6.45, 7) is 0. The van der Waals surface area contributed by atoms with E-state index >= 15 is 0 Å². The lowest BCUT2D eigenvalue weighted by Gasteiger charge is -2.13. The fourth-order valence-electron chi connectivity index (χ4n) is 1.64. The highest BCUT2D eigenvalue weighted by atomic mass is 35.5. The van der Waals surface area contributed by atoms with Gasteiger partial charge in [0.1, 0.15) is 0 Å². The third kappa shape index (κ3) is 3.34. The minimum atomic E-state index is -4.22. The fourth-order valence-corrected chi connectivity index (χ4v) is 2.67. The Hall–Kier alpha value is -0.780. The maximum atomic E-state index is 12.2. The van der Waals surface area contributed by atoms with Crippen molar-refractivity contribution in [3.63, 3.8) is 0 Å². The van der Waals surface area contributed by atoms with Gasteiger partial charge in [0.25, 0.3) is 0 Å². The quantitative estimate of drug-likeness (QED) is 0.874. The van der Waals surface area contributed by atoms with Crippen molar-refractivity contribution in [3.05, 3.63) is 35.2 Å². The van der Waals surface area contributed by atoms with Crippen LogP contribution in [-0.2, 0) is 0 Å². The molecule has 0 fully saturated rings. The Kier molecular flexibility index (Phi) is 4.41. The Balaban J connectivity index is 0.00000144. The Morgan fingerprint density at radius 2 is 1.88 bits per heavy atom. The van der Waals surface area contributed by atoms with Gasteiger partial charge in [-0.25, -0.2) is 0 Å². The zero-order valence-electron chi connectivity index (χ0n) is 8.70.